The molecule has 1 aromatic carbocycles. The quantitative estimate of drug-likeness (QED) is 0.475. The van der Waals surface area contributed by atoms with Crippen LogP contribution < -0.4 is 4.74 Å². The highest BCUT2D eigenvalue weighted by atomic mass is 16.7. The summed E-state index contributed by atoms with van der Waals surface area (Å²) in [5.41, 5.74) is 3.34. The molecule has 0 amide bonds. The Morgan fingerprint density at radius 2 is 1.94 bits per heavy atom. The molecule has 0 aliphatic heterocycles. The Bertz CT molecular complexity index is 397. The topological polar surface area (TPSA) is 46.5 Å². The summed E-state index contributed by atoms with van der Waals surface area (Å²) >= 11 is 0. The number of ether oxygens (including phenoxy) is 1. The Hall–Kier alpha value is -1.51. The average Bonchev–Trinajstić information content (AvgIpc) is 2.28. The first-order chi connectivity index (χ1) is 8.06. The van der Waals surface area contributed by atoms with Crippen molar-refractivity contribution in [3.05, 3.63) is 28.8 Å². The molecule has 0 atom stereocenters. The summed E-state index contributed by atoms with van der Waals surface area (Å²) in [6, 6.07) is 3.72. The number of hydrogen-bond acceptors (Lipinski definition) is 2. The van der Waals surface area contributed by atoms with Crippen molar-refractivity contribution in [3.8, 4) is 5.75 Å². The van der Waals surface area contributed by atoms with Crippen LogP contribution in [-0.2, 0) is 6.42 Å². The van der Waals surface area contributed by atoms with Crippen molar-refractivity contribution in [1.82, 2.24) is 0 Å². The number of unbranched alkanes of at least 4 members (excludes halogenated alkanes) is 2. The molecular formula is C14H20O3. The second kappa shape index (κ2) is 6.28. The van der Waals surface area contributed by atoms with E-state index in [0.717, 1.165) is 17.5 Å². The SMILES string of the molecule is CCCCCc1ccc(OC(=O)O)c(C)c1C. The Morgan fingerprint density at radius 3 is 2.53 bits per heavy atom. The molecule has 0 heterocycles. The lowest BCUT2D eigenvalue weighted by Crippen LogP contribution is -2.05. The fraction of sp³-hybridized carbons (Fsp3) is 0.500. The van der Waals surface area contributed by atoms with E-state index in [1.165, 1.54) is 24.8 Å². The third-order valence-corrected chi connectivity index (χ3v) is 3.10. The molecule has 0 spiro atoms. The van der Waals surface area contributed by atoms with Crippen molar-refractivity contribution in [3.63, 3.8) is 0 Å². The van der Waals surface area contributed by atoms with Gasteiger partial charge in [0.25, 0.3) is 0 Å². The fourth-order valence-corrected chi connectivity index (χ4v) is 1.89. The third kappa shape index (κ3) is 3.77. The molecule has 0 radical (unpaired) electrons. The summed E-state index contributed by atoms with van der Waals surface area (Å²) < 4.78 is 4.72. The van der Waals surface area contributed by atoms with Gasteiger partial charge in [-0.3, -0.25) is 0 Å². The zero-order valence-corrected chi connectivity index (χ0v) is 10.7. The van der Waals surface area contributed by atoms with Crippen LogP contribution in [-0.4, -0.2) is 11.3 Å². The zero-order valence-electron chi connectivity index (χ0n) is 10.7. The van der Waals surface area contributed by atoms with Crippen molar-refractivity contribution in [2.24, 2.45) is 0 Å². The van der Waals surface area contributed by atoms with Gasteiger partial charge in [-0.05, 0) is 49.4 Å². The van der Waals surface area contributed by atoms with Crippen LogP contribution in [0.15, 0.2) is 12.1 Å². The predicted molar refractivity (Wildman–Crippen MR) is 67.8 cm³/mol. The first-order valence-corrected chi connectivity index (χ1v) is 6.06. The van der Waals surface area contributed by atoms with Gasteiger partial charge >= 0.3 is 6.16 Å². The maximum Gasteiger partial charge on any atom is 0.511 e. The van der Waals surface area contributed by atoms with Crippen molar-refractivity contribution in [2.45, 2.75) is 46.5 Å². The van der Waals surface area contributed by atoms with E-state index in [-0.39, 0.29) is 0 Å². The van der Waals surface area contributed by atoms with Crippen LogP contribution in [0.3, 0.4) is 0 Å². The van der Waals surface area contributed by atoms with E-state index in [1.807, 2.05) is 19.9 Å². The van der Waals surface area contributed by atoms with E-state index in [4.69, 9.17) is 9.84 Å². The van der Waals surface area contributed by atoms with Crippen LogP contribution in [0.25, 0.3) is 0 Å². The first-order valence-electron chi connectivity index (χ1n) is 6.06. The van der Waals surface area contributed by atoms with Crippen molar-refractivity contribution in [2.75, 3.05) is 0 Å². The number of carboxylic acid groups (broad SMARTS) is 1. The van der Waals surface area contributed by atoms with Crippen LogP contribution in [0, 0.1) is 13.8 Å². The Morgan fingerprint density at radius 1 is 1.24 bits per heavy atom. The molecule has 1 rings (SSSR count). The number of hydrogen-bond donors (Lipinski definition) is 1. The van der Waals surface area contributed by atoms with Crippen LogP contribution in [0.1, 0.15) is 42.9 Å². The van der Waals surface area contributed by atoms with Crippen molar-refractivity contribution >= 4 is 6.16 Å². The number of carbonyl (C=O) groups is 1. The monoisotopic (exact) mass is 236 g/mol. The molecule has 0 fully saturated rings. The summed E-state index contributed by atoms with van der Waals surface area (Å²) in [5.74, 6) is 0.439. The summed E-state index contributed by atoms with van der Waals surface area (Å²) in [6.45, 7) is 6.10. The summed E-state index contributed by atoms with van der Waals surface area (Å²) in [6.07, 6.45) is 3.40. The molecule has 0 aromatic heterocycles. The highest BCUT2D eigenvalue weighted by Crippen LogP contribution is 2.25. The van der Waals surface area contributed by atoms with E-state index in [9.17, 15) is 4.79 Å². The van der Waals surface area contributed by atoms with Crippen LogP contribution >= 0.6 is 0 Å². The van der Waals surface area contributed by atoms with E-state index in [2.05, 4.69) is 6.92 Å². The standard InChI is InChI=1S/C14H20O3/c1-4-5-6-7-12-8-9-13(17-14(15)16)11(3)10(12)2/h8-9H,4-7H2,1-3H3,(H,15,16). The van der Waals surface area contributed by atoms with Crippen LogP contribution in [0.2, 0.25) is 0 Å². The fourth-order valence-electron chi connectivity index (χ4n) is 1.89. The summed E-state index contributed by atoms with van der Waals surface area (Å²) in [5, 5.41) is 8.60. The van der Waals surface area contributed by atoms with Gasteiger partial charge in [-0.15, -0.1) is 0 Å². The molecule has 0 saturated carbocycles. The minimum Gasteiger partial charge on any atom is -0.449 e. The molecule has 3 heteroatoms. The average molecular weight is 236 g/mol. The molecule has 94 valence electrons. The molecular weight excluding hydrogens is 216 g/mol. The molecule has 0 unspecified atom stereocenters. The second-order valence-corrected chi connectivity index (χ2v) is 4.30. The normalized spacial score (nSPS) is 10.3. The van der Waals surface area contributed by atoms with Gasteiger partial charge in [0.15, 0.2) is 0 Å². The van der Waals surface area contributed by atoms with Gasteiger partial charge in [-0.2, -0.15) is 0 Å². The molecule has 1 N–H and O–H groups in total. The third-order valence-electron chi connectivity index (χ3n) is 3.10. The second-order valence-electron chi connectivity index (χ2n) is 4.30. The van der Waals surface area contributed by atoms with Gasteiger partial charge in [0.1, 0.15) is 5.75 Å². The van der Waals surface area contributed by atoms with E-state index < -0.39 is 6.16 Å². The van der Waals surface area contributed by atoms with Gasteiger partial charge < -0.3 is 9.84 Å². The van der Waals surface area contributed by atoms with Gasteiger partial charge in [0.05, 0.1) is 0 Å². The summed E-state index contributed by atoms with van der Waals surface area (Å²) in [7, 11) is 0. The summed E-state index contributed by atoms with van der Waals surface area (Å²) in [4.78, 5) is 10.5. The lowest BCUT2D eigenvalue weighted by Gasteiger charge is -2.12. The minimum absolute atomic E-state index is 0.439. The number of aryl methyl sites for hydroxylation is 1. The van der Waals surface area contributed by atoms with Gasteiger partial charge in [-0.25, -0.2) is 4.79 Å². The van der Waals surface area contributed by atoms with E-state index in [0.29, 0.717) is 5.75 Å². The Balaban J connectivity index is 2.82. The maximum atomic E-state index is 10.5. The van der Waals surface area contributed by atoms with Gasteiger partial charge in [0, 0.05) is 0 Å². The molecule has 0 saturated heterocycles. The maximum absolute atomic E-state index is 10.5. The Kier molecular flexibility index (Phi) is 5.01. The minimum atomic E-state index is -1.26. The van der Waals surface area contributed by atoms with Gasteiger partial charge in [-0.1, -0.05) is 25.8 Å². The molecule has 17 heavy (non-hydrogen) atoms. The van der Waals surface area contributed by atoms with Crippen LogP contribution in [0.4, 0.5) is 4.79 Å². The highest BCUT2D eigenvalue weighted by molar-refractivity contribution is 5.62. The molecule has 1 aromatic rings. The smallest absolute Gasteiger partial charge is 0.449 e. The highest BCUT2D eigenvalue weighted by Gasteiger charge is 2.09. The lowest BCUT2D eigenvalue weighted by molar-refractivity contribution is 0.144. The lowest BCUT2D eigenvalue weighted by atomic mass is 9.98. The largest absolute Gasteiger partial charge is 0.511 e. The van der Waals surface area contributed by atoms with Gasteiger partial charge in [0.2, 0.25) is 0 Å². The Labute approximate surface area is 102 Å². The first kappa shape index (κ1) is 13.6. The van der Waals surface area contributed by atoms with Crippen LogP contribution in [0.5, 0.6) is 5.75 Å². The molecule has 0 aliphatic carbocycles. The van der Waals surface area contributed by atoms with Crippen molar-refractivity contribution in [1.29, 1.82) is 0 Å². The predicted octanol–water partition coefficient (Wildman–Crippen LogP) is 4.09. The number of benzene rings is 1. The zero-order chi connectivity index (χ0) is 12.8. The molecule has 0 bridgehead atoms. The van der Waals surface area contributed by atoms with Crippen molar-refractivity contribution < 1.29 is 14.6 Å². The van der Waals surface area contributed by atoms with E-state index >= 15 is 0 Å². The number of rotatable bonds is 5. The molecule has 3 nitrogen and oxygen atoms in total. The van der Waals surface area contributed by atoms with E-state index in [1.54, 1.807) is 6.07 Å². The molecule has 0 aliphatic rings.